The fourth-order valence-electron chi connectivity index (χ4n) is 1.49. The number of hydrogen-bond acceptors (Lipinski definition) is 2. The Morgan fingerprint density at radius 1 is 1.23 bits per heavy atom. The standard InChI is InChI=1S/C9H20N2.C2H6/c1-8(2)11-7-9-3-5-10-6-4-9;1-2/h8-11H,3-7H2,1-2H3;1-2H3. The van der Waals surface area contributed by atoms with Crippen molar-refractivity contribution >= 4 is 0 Å². The van der Waals surface area contributed by atoms with Crippen molar-refractivity contribution in [2.45, 2.75) is 46.6 Å². The van der Waals surface area contributed by atoms with Gasteiger partial charge >= 0.3 is 0 Å². The van der Waals surface area contributed by atoms with Gasteiger partial charge in [0.15, 0.2) is 0 Å². The maximum atomic E-state index is 3.49. The molecule has 0 amide bonds. The van der Waals surface area contributed by atoms with Crippen molar-refractivity contribution in [3.63, 3.8) is 0 Å². The molecule has 0 aromatic carbocycles. The Labute approximate surface area is 83.5 Å². The van der Waals surface area contributed by atoms with E-state index >= 15 is 0 Å². The van der Waals surface area contributed by atoms with Crippen molar-refractivity contribution < 1.29 is 0 Å². The number of nitrogens with one attached hydrogen (secondary N) is 2. The molecule has 0 aromatic heterocycles. The Kier molecular flexibility index (Phi) is 8.46. The van der Waals surface area contributed by atoms with Crippen LogP contribution in [0.4, 0.5) is 0 Å². The lowest BCUT2D eigenvalue weighted by Crippen LogP contribution is -2.35. The average molecular weight is 186 g/mol. The molecule has 1 aliphatic heterocycles. The summed E-state index contributed by atoms with van der Waals surface area (Å²) < 4.78 is 0. The topological polar surface area (TPSA) is 24.1 Å². The molecule has 0 saturated carbocycles. The van der Waals surface area contributed by atoms with E-state index in [0.717, 1.165) is 5.92 Å². The SMILES string of the molecule is CC.CC(C)NCC1CCNCC1. The van der Waals surface area contributed by atoms with Gasteiger partial charge in [-0.1, -0.05) is 27.7 Å². The Balaban J connectivity index is 0.000000671. The van der Waals surface area contributed by atoms with E-state index in [1.807, 2.05) is 13.8 Å². The summed E-state index contributed by atoms with van der Waals surface area (Å²) in [4.78, 5) is 0. The zero-order valence-electron chi connectivity index (χ0n) is 9.69. The predicted molar refractivity (Wildman–Crippen MR) is 60.1 cm³/mol. The molecule has 1 heterocycles. The van der Waals surface area contributed by atoms with Crippen LogP contribution in [0.3, 0.4) is 0 Å². The molecule has 1 aliphatic rings. The molecule has 2 N–H and O–H groups in total. The lowest BCUT2D eigenvalue weighted by Gasteiger charge is -2.23. The molecule has 2 nitrogen and oxygen atoms in total. The lowest BCUT2D eigenvalue weighted by molar-refractivity contribution is 0.347. The van der Waals surface area contributed by atoms with Crippen LogP contribution in [0.1, 0.15) is 40.5 Å². The molecule has 0 atom stereocenters. The molecule has 0 unspecified atom stereocenters. The van der Waals surface area contributed by atoms with Gasteiger partial charge in [-0.25, -0.2) is 0 Å². The Bertz CT molecular complexity index is 96.3. The van der Waals surface area contributed by atoms with E-state index in [2.05, 4.69) is 24.5 Å². The molecule has 0 aliphatic carbocycles. The molecule has 0 bridgehead atoms. The highest BCUT2D eigenvalue weighted by atomic mass is 14.9. The van der Waals surface area contributed by atoms with Gasteiger partial charge in [0.1, 0.15) is 0 Å². The third-order valence-corrected chi connectivity index (χ3v) is 2.27. The van der Waals surface area contributed by atoms with Crippen LogP contribution in [0.5, 0.6) is 0 Å². The molecule has 13 heavy (non-hydrogen) atoms. The monoisotopic (exact) mass is 186 g/mol. The van der Waals surface area contributed by atoms with Crippen LogP contribution in [0.2, 0.25) is 0 Å². The highest BCUT2D eigenvalue weighted by Gasteiger charge is 2.12. The van der Waals surface area contributed by atoms with E-state index < -0.39 is 0 Å². The van der Waals surface area contributed by atoms with Gasteiger partial charge in [-0.2, -0.15) is 0 Å². The Morgan fingerprint density at radius 2 is 1.77 bits per heavy atom. The zero-order chi connectivity index (χ0) is 10.1. The lowest BCUT2D eigenvalue weighted by atomic mass is 9.98. The van der Waals surface area contributed by atoms with E-state index in [-0.39, 0.29) is 0 Å². The third-order valence-electron chi connectivity index (χ3n) is 2.27. The molecule has 2 heteroatoms. The maximum Gasteiger partial charge on any atom is 0.00104 e. The number of rotatable bonds is 3. The minimum Gasteiger partial charge on any atom is -0.317 e. The summed E-state index contributed by atoms with van der Waals surface area (Å²) in [6, 6.07) is 0.643. The summed E-state index contributed by atoms with van der Waals surface area (Å²) in [6.07, 6.45) is 2.69. The fraction of sp³-hybridized carbons (Fsp3) is 1.00. The largest absolute Gasteiger partial charge is 0.317 e. The fourth-order valence-corrected chi connectivity index (χ4v) is 1.49. The average Bonchev–Trinajstić information content (AvgIpc) is 2.19. The van der Waals surface area contributed by atoms with Crippen molar-refractivity contribution in [2.24, 2.45) is 5.92 Å². The Morgan fingerprint density at radius 3 is 2.23 bits per heavy atom. The second-order valence-corrected chi connectivity index (χ2v) is 3.76. The molecule has 1 fully saturated rings. The molecule has 1 saturated heterocycles. The molecule has 0 aromatic rings. The summed E-state index contributed by atoms with van der Waals surface area (Å²) in [7, 11) is 0. The van der Waals surface area contributed by atoms with Crippen LogP contribution in [-0.4, -0.2) is 25.7 Å². The highest BCUT2D eigenvalue weighted by molar-refractivity contribution is 4.71. The predicted octanol–water partition coefficient (Wildman–Crippen LogP) is 2.01. The van der Waals surface area contributed by atoms with E-state index in [9.17, 15) is 0 Å². The van der Waals surface area contributed by atoms with E-state index in [1.165, 1.54) is 32.5 Å². The van der Waals surface area contributed by atoms with Gasteiger partial charge in [0, 0.05) is 6.04 Å². The van der Waals surface area contributed by atoms with Gasteiger partial charge in [0.05, 0.1) is 0 Å². The van der Waals surface area contributed by atoms with E-state index in [1.54, 1.807) is 0 Å². The minimum absolute atomic E-state index is 0.643. The normalized spacial score (nSPS) is 18.2. The van der Waals surface area contributed by atoms with Gasteiger partial charge in [-0.15, -0.1) is 0 Å². The van der Waals surface area contributed by atoms with Crippen LogP contribution in [-0.2, 0) is 0 Å². The van der Waals surface area contributed by atoms with Gasteiger partial charge < -0.3 is 10.6 Å². The molecule has 1 rings (SSSR count). The molecule has 0 spiro atoms. The van der Waals surface area contributed by atoms with Crippen molar-refractivity contribution in [3.05, 3.63) is 0 Å². The second-order valence-electron chi connectivity index (χ2n) is 3.76. The van der Waals surface area contributed by atoms with Crippen molar-refractivity contribution in [1.29, 1.82) is 0 Å². The number of hydrogen-bond donors (Lipinski definition) is 2. The van der Waals surface area contributed by atoms with Gasteiger partial charge in [0.2, 0.25) is 0 Å². The van der Waals surface area contributed by atoms with Gasteiger partial charge in [-0.3, -0.25) is 0 Å². The molecular formula is C11H26N2. The first-order valence-corrected chi connectivity index (χ1v) is 5.73. The maximum absolute atomic E-state index is 3.49. The van der Waals surface area contributed by atoms with E-state index in [4.69, 9.17) is 0 Å². The van der Waals surface area contributed by atoms with Crippen LogP contribution >= 0.6 is 0 Å². The zero-order valence-corrected chi connectivity index (χ0v) is 9.69. The third kappa shape index (κ3) is 7.03. The van der Waals surface area contributed by atoms with Crippen LogP contribution in [0, 0.1) is 5.92 Å². The highest BCUT2D eigenvalue weighted by Crippen LogP contribution is 2.09. The first-order valence-electron chi connectivity index (χ1n) is 5.73. The first-order chi connectivity index (χ1) is 6.29. The summed E-state index contributed by atoms with van der Waals surface area (Å²) >= 11 is 0. The second kappa shape index (κ2) is 8.52. The Hall–Kier alpha value is -0.0800. The minimum atomic E-state index is 0.643. The van der Waals surface area contributed by atoms with Crippen molar-refractivity contribution in [3.8, 4) is 0 Å². The smallest absolute Gasteiger partial charge is 0.00104 e. The summed E-state index contributed by atoms with van der Waals surface area (Å²) in [6.45, 7) is 12.1. The molecule has 0 radical (unpaired) electrons. The van der Waals surface area contributed by atoms with Crippen molar-refractivity contribution in [1.82, 2.24) is 10.6 Å². The number of piperidine rings is 1. The summed E-state index contributed by atoms with van der Waals surface area (Å²) in [5.74, 6) is 0.915. The quantitative estimate of drug-likeness (QED) is 0.704. The molecular weight excluding hydrogens is 160 g/mol. The summed E-state index contributed by atoms with van der Waals surface area (Å²) in [5.41, 5.74) is 0. The first kappa shape index (κ1) is 12.9. The van der Waals surface area contributed by atoms with Gasteiger partial charge in [-0.05, 0) is 38.4 Å². The van der Waals surface area contributed by atoms with Crippen LogP contribution in [0.15, 0.2) is 0 Å². The van der Waals surface area contributed by atoms with Crippen molar-refractivity contribution in [2.75, 3.05) is 19.6 Å². The van der Waals surface area contributed by atoms with Crippen LogP contribution in [0.25, 0.3) is 0 Å². The van der Waals surface area contributed by atoms with E-state index in [0.29, 0.717) is 6.04 Å². The molecule has 80 valence electrons. The van der Waals surface area contributed by atoms with Gasteiger partial charge in [0.25, 0.3) is 0 Å². The van der Waals surface area contributed by atoms with Crippen LogP contribution < -0.4 is 10.6 Å². The summed E-state index contributed by atoms with van der Waals surface area (Å²) in [5, 5.41) is 6.86.